The molecule has 7 nitrogen and oxygen atoms in total. The summed E-state index contributed by atoms with van der Waals surface area (Å²) < 4.78 is 8.11. The van der Waals surface area contributed by atoms with Gasteiger partial charge in [-0.15, -0.1) is 21.5 Å². The monoisotopic (exact) mass is 522 g/mol. The lowest BCUT2D eigenvalue weighted by Gasteiger charge is -2.08. The number of nitrogens with zero attached hydrogens (tertiary/aromatic N) is 3. The third-order valence-electron chi connectivity index (χ3n) is 4.59. The molecule has 1 aromatic carbocycles. The lowest BCUT2D eigenvalue weighted by molar-refractivity contribution is -0.113. The highest BCUT2D eigenvalue weighted by atomic mass is 79.9. The van der Waals surface area contributed by atoms with Gasteiger partial charge in [0.05, 0.1) is 17.9 Å². The molecule has 0 atom stereocenters. The van der Waals surface area contributed by atoms with Gasteiger partial charge in [-0.3, -0.25) is 4.79 Å². The van der Waals surface area contributed by atoms with Crippen molar-refractivity contribution in [1.82, 2.24) is 14.8 Å². The Morgan fingerprint density at radius 3 is 2.55 bits per heavy atom. The Kier molecular flexibility index (Phi) is 7.90. The number of esters is 1. The van der Waals surface area contributed by atoms with Crippen molar-refractivity contribution in [2.45, 2.75) is 39.4 Å². The van der Waals surface area contributed by atoms with Gasteiger partial charge in [-0.05, 0) is 45.4 Å². The minimum Gasteiger partial charge on any atom is -0.462 e. The molecular formula is C21H23BrN4O3S2. The number of ether oxygens (including phenoxy) is 1. The number of hydrogen-bond acceptors (Lipinski definition) is 7. The summed E-state index contributed by atoms with van der Waals surface area (Å²) in [5, 5.41) is 12.6. The van der Waals surface area contributed by atoms with Crippen LogP contribution in [0.25, 0.3) is 11.4 Å². The molecule has 2 heterocycles. The van der Waals surface area contributed by atoms with Crippen LogP contribution in [0.4, 0.5) is 5.00 Å². The zero-order valence-corrected chi connectivity index (χ0v) is 20.9. The highest BCUT2D eigenvalue weighted by Gasteiger charge is 2.22. The molecule has 0 radical (unpaired) electrons. The Morgan fingerprint density at radius 1 is 1.19 bits per heavy atom. The molecule has 0 fully saturated rings. The van der Waals surface area contributed by atoms with E-state index in [1.54, 1.807) is 6.92 Å². The molecule has 1 N–H and O–H groups in total. The molecule has 0 bridgehead atoms. The Bertz CT molecular complexity index is 1090. The first-order valence-electron chi connectivity index (χ1n) is 9.74. The average molecular weight is 523 g/mol. The maximum atomic E-state index is 12.6. The summed E-state index contributed by atoms with van der Waals surface area (Å²) in [5.74, 6) is 0.272. The standard InChI is InChI=1S/C21H23BrN4O3S2/c1-5-26-18(14-7-9-15(22)10-8-14)24-25-21(26)30-11-16(27)23-19-17(20(28)29-6-2)12(3)13(4)31-19/h7-10H,5-6,11H2,1-4H3,(H,23,27). The number of anilines is 1. The van der Waals surface area contributed by atoms with Gasteiger partial charge in [0.25, 0.3) is 0 Å². The maximum absolute atomic E-state index is 12.6. The number of rotatable bonds is 8. The molecule has 0 spiro atoms. The molecule has 3 aromatic rings. The second kappa shape index (κ2) is 10.4. The van der Waals surface area contributed by atoms with Crippen molar-refractivity contribution in [2.24, 2.45) is 0 Å². The number of amides is 1. The SMILES string of the molecule is CCOC(=O)c1c(NC(=O)CSc2nnc(-c3ccc(Br)cc3)n2CC)sc(C)c1C. The van der Waals surface area contributed by atoms with Gasteiger partial charge in [0.15, 0.2) is 11.0 Å². The van der Waals surface area contributed by atoms with Crippen LogP contribution in [0, 0.1) is 13.8 Å². The van der Waals surface area contributed by atoms with E-state index in [-0.39, 0.29) is 18.3 Å². The van der Waals surface area contributed by atoms with Crippen LogP contribution in [-0.2, 0) is 16.1 Å². The molecule has 1 amide bonds. The van der Waals surface area contributed by atoms with Crippen LogP contribution in [0.2, 0.25) is 0 Å². The average Bonchev–Trinajstić information content (AvgIpc) is 3.27. The Labute approximate surface area is 197 Å². The fourth-order valence-electron chi connectivity index (χ4n) is 2.95. The van der Waals surface area contributed by atoms with Crippen LogP contribution in [0.3, 0.4) is 0 Å². The molecule has 0 saturated carbocycles. The summed E-state index contributed by atoms with van der Waals surface area (Å²) in [4.78, 5) is 25.9. The normalized spacial score (nSPS) is 10.9. The fourth-order valence-corrected chi connectivity index (χ4v) is 5.08. The number of aromatic nitrogens is 3. The quantitative estimate of drug-likeness (QED) is 0.318. The molecular weight excluding hydrogens is 500 g/mol. The van der Waals surface area contributed by atoms with Crippen LogP contribution in [-0.4, -0.2) is 39.0 Å². The van der Waals surface area contributed by atoms with Crippen LogP contribution in [0.15, 0.2) is 33.9 Å². The minimum absolute atomic E-state index is 0.150. The third kappa shape index (κ3) is 5.36. The van der Waals surface area contributed by atoms with Crippen molar-refractivity contribution >= 4 is 55.9 Å². The zero-order valence-electron chi connectivity index (χ0n) is 17.7. The second-order valence-electron chi connectivity index (χ2n) is 6.60. The van der Waals surface area contributed by atoms with Crippen LogP contribution < -0.4 is 5.32 Å². The first kappa shape index (κ1) is 23.5. The fraction of sp³-hybridized carbons (Fsp3) is 0.333. The maximum Gasteiger partial charge on any atom is 0.341 e. The van der Waals surface area contributed by atoms with Gasteiger partial charge in [0.2, 0.25) is 5.91 Å². The van der Waals surface area contributed by atoms with E-state index >= 15 is 0 Å². The van der Waals surface area contributed by atoms with Crippen molar-refractivity contribution in [2.75, 3.05) is 17.7 Å². The van der Waals surface area contributed by atoms with Crippen LogP contribution in [0.5, 0.6) is 0 Å². The van der Waals surface area contributed by atoms with Crippen molar-refractivity contribution in [3.8, 4) is 11.4 Å². The van der Waals surface area contributed by atoms with E-state index in [4.69, 9.17) is 4.74 Å². The second-order valence-corrected chi connectivity index (χ2v) is 9.68. The number of carbonyl (C=O) groups is 2. The number of thiophene rings is 1. The number of nitrogens with one attached hydrogen (secondary N) is 1. The van der Waals surface area contributed by atoms with E-state index in [9.17, 15) is 9.59 Å². The van der Waals surface area contributed by atoms with Gasteiger partial charge in [-0.25, -0.2) is 4.79 Å². The Morgan fingerprint density at radius 2 is 1.90 bits per heavy atom. The topological polar surface area (TPSA) is 86.1 Å². The Hall–Kier alpha value is -2.17. The van der Waals surface area contributed by atoms with E-state index in [2.05, 4.69) is 31.4 Å². The summed E-state index contributed by atoms with van der Waals surface area (Å²) in [6.07, 6.45) is 0. The van der Waals surface area contributed by atoms with E-state index in [1.165, 1.54) is 23.1 Å². The molecule has 0 aliphatic rings. The number of thioether (sulfide) groups is 1. The minimum atomic E-state index is -0.419. The molecule has 31 heavy (non-hydrogen) atoms. The third-order valence-corrected chi connectivity index (χ3v) is 7.20. The van der Waals surface area contributed by atoms with Gasteiger partial charge >= 0.3 is 5.97 Å². The number of carbonyl (C=O) groups excluding carboxylic acids is 2. The predicted molar refractivity (Wildman–Crippen MR) is 128 cm³/mol. The lowest BCUT2D eigenvalue weighted by Crippen LogP contribution is -2.17. The van der Waals surface area contributed by atoms with Crippen LogP contribution >= 0.6 is 39.0 Å². The first-order chi connectivity index (χ1) is 14.8. The molecule has 10 heteroatoms. The summed E-state index contributed by atoms with van der Waals surface area (Å²) in [6, 6.07) is 7.85. The number of aryl methyl sites for hydroxylation is 1. The number of benzene rings is 1. The van der Waals surface area contributed by atoms with E-state index in [0.29, 0.717) is 22.3 Å². The summed E-state index contributed by atoms with van der Waals surface area (Å²) >= 11 is 6.12. The smallest absolute Gasteiger partial charge is 0.341 e. The number of halogens is 1. The first-order valence-corrected chi connectivity index (χ1v) is 12.3. The van der Waals surface area contributed by atoms with Gasteiger partial charge in [0.1, 0.15) is 5.00 Å². The number of hydrogen-bond donors (Lipinski definition) is 1. The molecule has 3 rings (SSSR count). The van der Waals surface area contributed by atoms with E-state index in [1.807, 2.05) is 49.6 Å². The van der Waals surface area contributed by atoms with Crippen LogP contribution in [0.1, 0.15) is 34.6 Å². The summed E-state index contributed by atoms with van der Waals surface area (Å²) in [7, 11) is 0. The zero-order chi connectivity index (χ0) is 22.5. The molecule has 0 aliphatic carbocycles. The van der Waals surface area contributed by atoms with E-state index in [0.717, 1.165) is 26.3 Å². The van der Waals surface area contributed by atoms with Crippen molar-refractivity contribution in [1.29, 1.82) is 0 Å². The van der Waals surface area contributed by atoms with Gasteiger partial charge in [-0.1, -0.05) is 39.8 Å². The lowest BCUT2D eigenvalue weighted by atomic mass is 10.1. The summed E-state index contributed by atoms with van der Waals surface area (Å²) in [6.45, 7) is 8.51. The van der Waals surface area contributed by atoms with E-state index < -0.39 is 5.97 Å². The van der Waals surface area contributed by atoms with Gasteiger partial charge in [-0.2, -0.15) is 0 Å². The Balaban J connectivity index is 1.72. The van der Waals surface area contributed by atoms with Crippen molar-refractivity contribution in [3.05, 3.63) is 44.7 Å². The van der Waals surface area contributed by atoms with Crippen molar-refractivity contribution < 1.29 is 14.3 Å². The predicted octanol–water partition coefficient (Wildman–Crippen LogP) is 5.31. The molecule has 0 unspecified atom stereocenters. The summed E-state index contributed by atoms with van der Waals surface area (Å²) in [5.41, 5.74) is 2.21. The largest absolute Gasteiger partial charge is 0.462 e. The highest BCUT2D eigenvalue weighted by Crippen LogP contribution is 2.33. The van der Waals surface area contributed by atoms with Gasteiger partial charge < -0.3 is 14.6 Å². The molecule has 0 saturated heterocycles. The van der Waals surface area contributed by atoms with Gasteiger partial charge in [0, 0.05) is 21.5 Å². The van der Waals surface area contributed by atoms with Crippen molar-refractivity contribution in [3.63, 3.8) is 0 Å². The highest BCUT2D eigenvalue weighted by molar-refractivity contribution is 9.10. The molecule has 0 aliphatic heterocycles. The molecule has 2 aromatic heterocycles. The molecule has 164 valence electrons.